The first-order valence-corrected chi connectivity index (χ1v) is 6.18. The molecule has 0 bridgehead atoms. The number of ether oxygens (including phenoxy) is 1. The number of carbonyl (C=O) groups excluding carboxylic acids is 1. The zero-order valence-corrected chi connectivity index (χ0v) is 11.3. The fraction of sp³-hybridized carbons (Fsp3) is 0.833. The Hall–Kier alpha value is -1.14. The Morgan fingerprint density at radius 1 is 1.33 bits per heavy atom. The summed E-state index contributed by atoms with van der Waals surface area (Å²) in [6.45, 7) is 3.28. The predicted octanol–water partition coefficient (Wildman–Crippen LogP) is -0.114. The standard InChI is InChI=1S/C12H22N2O4/c1-9-10(4-7-18-9)12(17)14(8-11(15)16)6-5-13(2)3/h9-10H,4-8H2,1-3H3,(H,15,16). The van der Waals surface area contributed by atoms with Crippen LogP contribution >= 0.6 is 0 Å². The third-order valence-corrected chi connectivity index (χ3v) is 3.15. The molecular formula is C12H22N2O4. The molecule has 18 heavy (non-hydrogen) atoms. The van der Waals surface area contributed by atoms with E-state index in [2.05, 4.69) is 0 Å². The lowest BCUT2D eigenvalue weighted by Crippen LogP contribution is -2.44. The van der Waals surface area contributed by atoms with Crippen molar-refractivity contribution >= 4 is 11.9 Å². The van der Waals surface area contributed by atoms with E-state index < -0.39 is 5.97 Å². The van der Waals surface area contributed by atoms with Gasteiger partial charge in [-0.2, -0.15) is 0 Å². The first-order chi connectivity index (χ1) is 8.41. The second-order valence-corrected chi connectivity index (χ2v) is 4.93. The van der Waals surface area contributed by atoms with Crippen molar-refractivity contribution in [2.45, 2.75) is 19.4 Å². The van der Waals surface area contributed by atoms with Crippen molar-refractivity contribution in [3.05, 3.63) is 0 Å². The Bertz CT molecular complexity index is 306. The molecule has 0 aromatic rings. The summed E-state index contributed by atoms with van der Waals surface area (Å²) in [6.07, 6.45) is 0.561. The van der Waals surface area contributed by atoms with Gasteiger partial charge in [0.2, 0.25) is 5.91 Å². The van der Waals surface area contributed by atoms with Crippen molar-refractivity contribution in [2.24, 2.45) is 5.92 Å². The van der Waals surface area contributed by atoms with Crippen molar-refractivity contribution in [1.82, 2.24) is 9.80 Å². The quantitative estimate of drug-likeness (QED) is 0.719. The first-order valence-electron chi connectivity index (χ1n) is 6.18. The van der Waals surface area contributed by atoms with E-state index in [0.717, 1.165) is 0 Å². The van der Waals surface area contributed by atoms with Crippen LogP contribution < -0.4 is 0 Å². The van der Waals surface area contributed by atoms with Gasteiger partial charge in [0.25, 0.3) is 0 Å². The van der Waals surface area contributed by atoms with Gasteiger partial charge in [-0.05, 0) is 27.4 Å². The summed E-state index contributed by atoms with van der Waals surface area (Å²) >= 11 is 0. The average molecular weight is 258 g/mol. The van der Waals surface area contributed by atoms with Crippen LogP contribution in [0.5, 0.6) is 0 Å². The second-order valence-electron chi connectivity index (χ2n) is 4.93. The van der Waals surface area contributed by atoms with Crippen LogP contribution in [-0.2, 0) is 14.3 Å². The summed E-state index contributed by atoms with van der Waals surface area (Å²) in [5.74, 6) is -1.29. The SMILES string of the molecule is CC1OCCC1C(=O)N(CCN(C)C)CC(=O)O. The monoisotopic (exact) mass is 258 g/mol. The smallest absolute Gasteiger partial charge is 0.323 e. The molecule has 0 radical (unpaired) electrons. The molecule has 2 atom stereocenters. The molecule has 0 saturated carbocycles. The van der Waals surface area contributed by atoms with Crippen LogP contribution in [0.1, 0.15) is 13.3 Å². The van der Waals surface area contributed by atoms with Gasteiger partial charge >= 0.3 is 5.97 Å². The van der Waals surface area contributed by atoms with Crippen LogP contribution in [0.3, 0.4) is 0 Å². The molecule has 1 N–H and O–H groups in total. The van der Waals surface area contributed by atoms with Crippen molar-refractivity contribution in [3.63, 3.8) is 0 Å². The molecule has 1 rings (SSSR count). The van der Waals surface area contributed by atoms with Crippen molar-refractivity contribution < 1.29 is 19.4 Å². The highest BCUT2D eigenvalue weighted by atomic mass is 16.5. The Kier molecular flexibility index (Phi) is 5.55. The summed E-state index contributed by atoms with van der Waals surface area (Å²) in [5.41, 5.74) is 0. The Labute approximate surface area is 107 Å². The number of amides is 1. The molecule has 104 valence electrons. The van der Waals surface area contributed by atoms with Crippen LogP contribution in [0.4, 0.5) is 0 Å². The molecule has 1 aliphatic rings. The number of likely N-dealkylation sites (N-methyl/N-ethyl adjacent to an activating group) is 1. The highest BCUT2D eigenvalue weighted by molar-refractivity contribution is 5.83. The molecule has 1 fully saturated rings. The van der Waals surface area contributed by atoms with E-state index in [0.29, 0.717) is 26.1 Å². The number of hydrogen-bond acceptors (Lipinski definition) is 4. The number of nitrogens with zero attached hydrogens (tertiary/aromatic N) is 2. The highest BCUT2D eigenvalue weighted by Crippen LogP contribution is 2.22. The lowest BCUT2D eigenvalue weighted by molar-refractivity contribution is -0.147. The van der Waals surface area contributed by atoms with Crippen LogP contribution in [0.15, 0.2) is 0 Å². The van der Waals surface area contributed by atoms with E-state index in [1.54, 1.807) is 0 Å². The van der Waals surface area contributed by atoms with Crippen molar-refractivity contribution in [3.8, 4) is 0 Å². The number of hydrogen-bond donors (Lipinski definition) is 1. The van der Waals surface area contributed by atoms with Crippen LogP contribution in [0.25, 0.3) is 0 Å². The largest absolute Gasteiger partial charge is 0.480 e. The summed E-state index contributed by atoms with van der Waals surface area (Å²) < 4.78 is 5.36. The van der Waals surface area contributed by atoms with Gasteiger partial charge in [-0.3, -0.25) is 9.59 Å². The van der Waals surface area contributed by atoms with Crippen LogP contribution in [-0.4, -0.2) is 73.2 Å². The van der Waals surface area contributed by atoms with E-state index in [-0.39, 0.29) is 24.5 Å². The van der Waals surface area contributed by atoms with Gasteiger partial charge in [-0.1, -0.05) is 0 Å². The number of carboxylic acids is 1. The fourth-order valence-electron chi connectivity index (χ4n) is 2.04. The number of aliphatic carboxylic acids is 1. The van der Waals surface area contributed by atoms with Crippen molar-refractivity contribution in [1.29, 1.82) is 0 Å². The van der Waals surface area contributed by atoms with Gasteiger partial charge in [0.15, 0.2) is 0 Å². The lowest BCUT2D eigenvalue weighted by Gasteiger charge is -2.26. The first kappa shape index (κ1) is 14.9. The molecule has 0 aromatic heterocycles. The Morgan fingerprint density at radius 3 is 2.44 bits per heavy atom. The van der Waals surface area contributed by atoms with E-state index in [1.807, 2.05) is 25.9 Å². The van der Waals surface area contributed by atoms with E-state index >= 15 is 0 Å². The Morgan fingerprint density at radius 2 is 2.00 bits per heavy atom. The van der Waals surface area contributed by atoms with Crippen LogP contribution in [0.2, 0.25) is 0 Å². The molecule has 1 heterocycles. The summed E-state index contributed by atoms with van der Waals surface area (Å²) in [5, 5.41) is 8.87. The van der Waals surface area contributed by atoms with E-state index in [1.165, 1.54) is 4.90 Å². The molecular weight excluding hydrogens is 236 g/mol. The van der Waals surface area contributed by atoms with Crippen LogP contribution in [0, 0.1) is 5.92 Å². The minimum absolute atomic E-state index is 0.107. The minimum Gasteiger partial charge on any atom is -0.480 e. The molecule has 0 spiro atoms. The third-order valence-electron chi connectivity index (χ3n) is 3.15. The summed E-state index contributed by atoms with van der Waals surface area (Å²) in [4.78, 5) is 26.4. The molecule has 6 heteroatoms. The number of carboxylic acid groups (broad SMARTS) is 1. The maximum atomic E-state index is 12.3. The minimum atomic E-state index is -0.978. The molecule has 1 amide bonds. The summed E-state index contributed by atoms with van der Waals surface area (Å²) in [7, 11) is 3.79. The third kappa shape index (κ3) is 4.27. The topological polar surface area (TPSA) is 70.1 Å². The molecule has 1 saturated heterocycles. The van der Waals surface area contributed by atoms with Gasteiger partial charge in [0, 0.05) is 19.7 Å². The number of rotatable bonds is 6. The maximum Gasteiger partial charge on any atom is 0.323 e. The van der Waals surface area contributed by atoms with E-state index in [9.17, 15) is 9.59 Å². The number of carbonyl (C=O) groups is 2. The lowest BCUT2D eigenvalue weighted by atomic mass is 10.0. The van der Waals surface area contributed by atoms with E-state index in [4.69, 9.17) is 9.84 Å². The van der Waals surface area contributed by atoms with Gasteiger partial charge < -0.3 is 19.6 Å². The molecule has 6 nitrogen and oxygen atoms in total. The highest BCUT2D eigenvalue weighted by Gasteiger charge is 2.34. The molecule has 0 aromatic carbocycles. The Balaban J connectivity index is 2.62. The average Bonchev–Trinajstić information content (AvgIpc) is 2.69. The predicted molar refractivity (Wildman–Crippen MR) is 66.3 cm³/mol. The van der Waals surface area contributed by atoms with Gasteiger partial charge in [-0.25, -0.2) is 0 Å². The second kappa shape index (κ2) is 6.70. The zero-order valence-electron chi connectivity index (χ0n) is 11.3. The van der Waals surface area contributed by atoms with Gasteiger partial charge in [0.1, 0.15) is 6.54 Å². The van der Waals surface area contributed by atoms with Crippen molar-refractivity contribution in [2.75, 3.05) is 40.3 Å². The maximum absolute atomic E-state index is 12.3. The summed E-state index contributed by atoms with van der Waals surface area (Å²) in [6, 6.07) is 0. The van der Waals surface area contributed by atoms with Gasteiger partial charge in [-0.15, -0.1) is 0 Å². The molecule has 1 aliphatic heterocycles. The van der Waals surface area contributed by atoms with Gasteiger partial charge in [0.05, 0.1) is 12.0 Å². The zero-order chi connectivity index (χ0) is 13.7. The normalized spacial score (nSPS) is 23.3. The fourth-order valence-corrected chi connectivity index (χ4v) is 2.04. The molecule has 0 aliphatic carbocycles. The molecule has 2 unspecified atom stereocenters.